The Morgan fingerprint density at radius 1 is 1.27 bits per heavy atom. The maximum atomic E-state index is 3.54. The van der Waals surface area contributed by atoms with Crippen molar-refractivity contribution in [1.82, 2.24) is 10.6 Å². The molecule has 1 aromatic carbocycles. The first-order chi connectivity index (χ1) is 7.27. The van der Waals surface area contributed by atoms with Crippen molar-refractivity contribution in [2.24, 2.45) is 0 Å². The van der Waals surface area contributed by atoms with Gasteiger partial charge >= 0.3 is 0 Å². The van der Waals surface area contributed by atoms with E-state index in [4.69, 9.17) is 0 Å². The largest absolute Gasteiger partial charge is 0.314 e. The van der Waals surface area contributed by atoms with Crippen LogP contribution in [-0.2, 0) is 0 Å². The Balaban J connectivity index is 2.16. The van der Waals surface area contributed by atoms with Gasteiger partial charge in [0.15, 0.2) is 0 Å². The third-order valence-corrected chi connectivity index (χ3v) is 3.02. The predicted molar refractivity (Wildman–Crippen MR) is 64.1 cm³/mol. The quantitative estimate of drug-likeness (QED) is 0.770. The number of rotatable bonds is 2. The average molecular weight is 204 g/mol. The summed E-state index contributed by atoms with van der Waals surface area (Å²) in [4.78, 5) is 0. The molecule has 1 aliphatic rings. The van der Waals surface area contributed by atoms with Crippen LogP contribution < -0.4 is 10.6 Å². The van der Waals surface area contributed by atoms with Crippen LogP contribution in [0.5, 0.6) is 0 Å². The molecule has 1 aliphatic heterocycles. The first-order valence-electron chi connectivity index (χ1n) is 5.81. The molecular weight excluding hydrogens is 184 g/mol. The molecule has 1 saturated heterocycles. The second-order valence-electron chi connectivity index (χ2n) is 4.54. The second-order valence-corrected chi connectivity index (χ2v) is 4.54. The van der Waals surface area contributed by atoms with Crippen molar-refractivity contribution in [3.8, 4) is 0 Å². The van der Waals surface area contributed by atoms with Crippen LogP contribution in [0.25, 0.3) is 0 Å². The lowest BCUT2D eigenvalue weighted by atomic mass is 9.97. The molecule has 0 saturated carbocycles. The highest BCUT2D eigenvalue weighted by molar-refractivity contribution is 5.28. The van der Waals surface area contributed by atoms with Gasteiger partial charge in [0.2, 0.25) is 0 Å². The van der Waals surface area contributed by atoms with Crippen LogP contribution in [0.2, 0.25) is 0 Å². The average Bonchev–Trinajstić information content (AvgIpc) is 2.30. The van der Waals surface area contributed by atoms with E-state index < -0.39 is 0 Å². The molecule has 0 unspecified atom stereocenters. The van der Waals surface area contributed by atoms with E-state index in [0.717, 1.165) is 19.6 Å². The summed E-state index contributed by atoms with van der Waals surface area (Å²) in [6, 6.07) is 9.41. The Kier molecular flexibility index (Phi) is 3.39. The Morgan fingerprint density at radius 3 is 2.80 bits per heavy atom. The van der Waals surface area contributed by atoms with Crippen LogP contribution in [0.1, 0.15) is 36.9 Å². The van der Waals surface area contributed by atoms with Crippen molar-refractivity contribution in [2.45, 2.75) is 25.8 Å². The van der Waals surface area contributed by atoms with Crippen molar-refractivity contribution in [3.05, 3.63) is 35.4 Å². The van der Waals surface area contributed by atoms with Crippen LogP contribution in [0.4, 0.5) is 0 Å². The predicted octanol–water partition coefficient (Wildman–Crippen LogP) is 2.04. The van der Waals surface area contributed by atoms with Crippen LogP contribution in [0.3, 0.4) is 0 Å². The summed E-state index contributed by atoms with van der Waals surface area (Å²) >= 11 is 0. The standard InChI is InChI=1S/C13H20N2/c1-10(2)11-4-3-5-12(8-11)13-9-14-6-7-15-13/h3-5,8,10,13-15H,6-7,9H2,1-2H3/t13-/m1/s1. The Bertz CT molecular complexity index is 314. The lowest BCUT2D eigenvalue weighted by Gasteiger charge is -2.25. The zero-order valence-corrected chi connectivity index (χ0v) is 9.59. The Morgan fingerprint density at radius 2 is 2.13 bits per heavy atom. The second kappa shape index (κ2) is 4.77. The fraction of sp³-hybridized carbons (Fsp3) is 0.538. The SMILES string of the molecule is CC(C)c1cccc([C@H]2CNCCN2)c1. The van der Waals surface area contributed by atoms with Gasteiger partial charge in [-0.3, -0.25) is 0 Å². The lowest BCUT2D eigenvalue weighted by Crippen LogP contribution is -2.42. The fourth-order valence-corrected chi connectivity index (χ4v) is 2.02. The summed E-state index contributed by atoms with van der Waals surface area (Å²) in [6.45, 7) is 7.68. The van der Waals surface area contributed by atoms with E-state index in [-0.39, 0.29) is 0 Å². The Labute approximate surface area is 92.1 Å². The maximum Gasteiger partial charge on any atom is 0.0447 e. The van der Waals surface area contributed by atoms with Crippen molar-refractivity contribution in [1.29, 1.82) is 0 Å². The molecule has 1 aromatic rings. The van der Waals surface area contributed by atoms with Crippen molar-refractivity contribution < 1.29 is 0 Å². The number of hydrogen-bond acceptors (Lipinski definition) is 2. The van der Waals surface area contributed by atoms with Crippen LogP contribution >= 0.6 is 0 Å². The van der Waals surface area contributed by atoms with Gasteiger partial charge < -0.3 is 10.6 Å². The summed E-state index contributed by atoms with van der Waals surface area (Å²) in [7, 11) is 0. The molecule has 1 atom stereocenters. The van der Waals surface area contributed by atoms with E-state index in [1.165, 1.54) is 11.1 Å². The molecular formula is C13H20N2. The number of nitrogens with one attached hydrogen (secondary N) is 2. The molecule has 0 aliphatic carbocycles. The van der Waals surface area contributed by atoms with Gasteiger partial charge in [-0.1, -0.05) is 38.1 Å². The van der Waals surface area contributed by atoms with E-state index in [0.29, 0.717) is 12.0 Å². The lowest BCUT2D eigenvalue weighted by molar-refractivity contribution is 0.430. The highest BCUT2D eigenvalue weighted by Crippen LogP contribution is 2.20. The molecule has 2 N–H and O–H groups in total. The highest BCUT2D eigenvalue weighted by Gasteiger charge is 2.14. The van der Waals surface area contributed by atoms with Gasteiger partial charge in [-0.2, -0.15) is 0 Å². The van der Waals surface area contributed by atoms with E-state index >= 15 is 0 Å². The van der Waals surface area contributed by atoms with Gasteiger partial charge in [-0.25, -0.2) is 0 Å². The molecule has 0 bridgehead atoms. The third-order valence-electron chi connectivity index (χ3n) is 3.02. The zero-order chi connectivity index (χ0) is 10.7. The highest BCUT2D eigenvalue weighted by atomic mass is 15.1. The van der Waals surface area contributed by atoms with Crippen LogP contribution in [0, 0.1) is 0 Å². The number of benzene rings is 1. The summed E-state index contributed by atoms with van der Waals surface area (Å²) in [5.74, 6) is 0.612. The molecule has 1 fully saturated rings. The fourth-order valence-electron chi connectivity index (χ4n) is 2.02. The summed E-state index contributed by atoms with van der Waals surface area (Å²) in [5.41, 5.74) is 2.84. The van der Waals surface area contributed by atoms with Gasteiger partial charge in [0.05, 0.1) is 0 Å². The molecule has 0 radical (unpaired) electrons. The maximum absolute atomic E-state index is 3.54. The normalized spacial score (nSPS) is 21.9. The van der Waals surface area contributed by atoms with Gasteiger partial charge in [-0.15, -0.1) is 0 Å². The van der Waals surface area contributed by atoms with Gasteiger partial charge in [-0.05, 0) is 17.0 Å². The summed E-state index contributed by atoms with van der Waals surface area (Å²) < 4.78 is 0. The summed E-state index contributed by atoms with van der Waals surface area (Å²) in [6.07, 6.45) is 0. The van der Waals surface area contributed by atoms with Gasteiger partial charge in [0.25, 0.3) is 0 Å². The minimum absolute atomic E-state index is 0.484. The van der Waals surface area contributed by atoms with Crippen LogP contribution in [-0.4, -0.2) is 19.6 Å². The number of hydrogen-bond donors (Lipinski definition) is 2. The molecule has 2 rings (SSSR count). The molecule has 2 heteroatoms. The van der Waals surface area contributed by atoms with E-state index in [9.17, 15) is 0 Å². The van der Waals surface area contributed by atoms with E-state index in [1.54, 1.807) is 0 Å². The monoisotopic (exact) mass is 204 g/mol. The van der Waals surface area contributed by atoms with Crippen LogP contribution in [0.15, 0.2) is 24.3 Å². The van der Waals surface area contributed by atoms with Gasteiger partial charge in [0, 0.05) is 25.7 Å². The molecule has 0 amide bonds. The minimum atomic E-state index is 0.484. The molecule has 0 aromatic heterocycles. The van der Waals surface area contributed by atoms with Crippen molar-refractivity contribution in [2.75, 3.05) is 19.6 Å². The minimum Gasteiger partial charge on any atom is -0.314 e. The van der Waals surface area contributed by atoms with Crippen molar-refractivity contribution >= 4 is 0 Å². The smallest absolute Gasteiger partial charge is 0.0447 e. The van der Waals surface area contributed by atoms with E-state index in [1.807, 2.05) is 0 Å². The van der Waals surface area contributed by atoms with Crippen molar-refractivity contribution in [3.63, 3.8) is 0 Å². The molecule has 15 heavy (non-hydrogen) atoms. The summed E-state index contributed by atoms with van der Waals surface area (Å²) in [5, 5.41) is 6.96. The first kappa shape index (κ1) is 10.7. The molecule has 2 nitrogen and oxygen atoms in total. The molecule has 1 heterocycles. The first-order valence-corrected chi connectivity index (χ1v) is 5.81. The van der Waals surface area contributed by atoms with Gasteiger partial charge in [0.1, 0.15) is 0 Å². The van der Waals surface area contributed by atoms with E-state index in [2.05, 4.69) is 48.7 Å². The molecule has 82 valence electrons. The molecule has 0 spiro atoms. The number of piperazine rings is 1. The zero-order valence-electron chi connectivity index (χ0n) is 9.59. The Hall–Kier alpha value is -0.860. The third kappa shape index (κ3) is 2.58. The topological polar surface area (TPSA) is 24.1 Å².